The van der Waals surface area contributed by atoms with Crippen molar-refractivity contribution in [2.45, 2.75) is 39.2 Å². The molecule has 0 aliphatic heterocycles. The Kier molecular flexibility index (Phi) is 8.78. The van der Waals surface area contributed by atoms with E-state index in [1.54, 1.807) is 0 Å². The van der Waals surface area contributed by atoms with Gasteiger partial charge in [0.25, 0.3) is 0 Å². The van der Waals surface area contributed by atoms with Crippen molar-refractivity contribution in [3.05, 3.63) is 0 Å². The predicted molar refractivity (Wildman–Crippen MR) is 78.7 cm³/mol. The fraction of sp³-hybridized carbons (Fsp3) is 1.00. The molecule has 18 heavy (non-hydrogen) atoms. The smallest absolute Gasteiger partial charge is 0.0608 e. The van der Waals surface area contributed by atoms with Gasteiger partial charge >= 0.3 is 0 Å². The van der Waals surface area contributed by atoms with Crippen LogP contribution in [0.5, 0.6) is 0 Å². The van der Waals surface area contributed by atoms with Gasteiger partial charge in [0.05, 0.1) is 6.61 Å². The van der Waals surface area contributed by atoms with Crippen molar-refractivity contribution in [3.63, 3.8) is 0 Å². The van der Waals surface area contributed by atoms with E-state index < -0.39 is 5.54 Å². The first-order valence-corrected chi connectivity index (χ1v) is 7.03. The highest BCUT2D eigenvalue weighted by Gasteiger charge is 2.17. The van der Waals surface area contributed by atoms with E-state index in [4.69, 9.17) is 10.8 Å². The summed E-state index contributed by atoms with van der Waals surface area (Å²) in [6.45, 7) is 10.9. The number of aliphatic hydroxyl groups excluding tert-OH is 1. The molecule has 0 aromatic carbocycles. The Morgan fingerprint density at radius 2 is 1.78 bits per heavy atom. The van der Waals surface area contributed by atoms with Crippen LogP contribution in [-0.2, 0) is 0 Å². The Morgan fingerprint density at radius 1 is 1.17 bits per heavy atom. The highest BCUT2D eigenvalue weighted by Crippen LogP contribution is 2.09. The number of aliphatic hydroxyl groups is 1. The zero-order valence-corrected chi connectivity index (χ0v) is 12.9. The van der Waals surface area contributed by atoms with E-state index in [2.05, 4.69) is 37.7 Å². The minimum Gasteiger partial charge on any atom is -0.394 e. The number of nitrogens with zero attached hydrogens (tertiary/aromatic N) is 2. The minimum absolute atomic E-state index is 0.0644. The summed E-state index contributed by atoms with van der Waals surface area (Å²) in [5.74, 6) is 0.689. The van der Waals surface area contributed by atoms with Gasteiger partial charge in [0.15, 0.2) is 0 Å². The molecule has 0 radical (unpaired) electrons. The van der Waals surface area contributed by atoms with Crippen molar-refractivity contribution in [3.8, 4) is 0 Å². The van der Waals surface area contributed by atoms with E-state index in [9.17, 15) is 0 Å². The van der Waals surface area contributed by atoms with E-state index in [0.29, 0.717) is 5.92 Å². The summed E-state index contributed by atoms with van der Waals surface area (Å²) < 4.78 is 0. The third-order valence-corrected chi connectivity index (χ3v) is 3.07. The van der Waals surface area contributed by atoms with E-state index in [0.717, 1.165) is 39.0 Å². The molecule has 4 heteroatoms. The molecule has 3 N–H and O–H groups in total. The topological polar surface area (TPSA) is 52.7 Å². The Hall–Kier alpha value is -0.160. The SMILES string of the molecule is CC(C)CN(CCCC(C)(N)CO)CCN(C)C. The maximum absolute atomic E-state index is 9.14. The van der Waals surface area contributed by atoms with E-state index in [1.807, 2.05) is 6.92 Å². The molecule has 0 saturated carbocycles. The Labute approximate surface area is 113 Å². The fourth-order valence-electron chi connectivity index (χ4n) is 1.94. The Bertz CT molecular complexity index is 205. The first-order valence-electron chi connectivity index (χ1n) is 7.03. The van der Waals surface area contributed by atoms with Crippen molar-refractivity contribution in [2.75, 3.05) is 46.9 Å². The summed E-state index contributed by atoms with van der Waals surface area (Å²) >= 11 is 0. The van der Waals surface area contributed by atoms with Gasteiger partial charge in [-0.1, -0.05) is 13.8 Å². The van der Waals surface area contributed by atoms with Crippen LogP contribution >= 0.6 is 0 Å². The second kappa shape index (κ2) is 8.86. The van der Waals surface area contributed by atoms with Crippen LogP contribution in [0.25, 0.3) is 0 Å². The molecule has 0 aromatic heterocycles. The third-order valence-electron chi connectivity index (χ3n) is 3.07. The molecule has 4 nitrogen and oxygen atoms in total. The van der Waals surface area contributed by atoms with Gasteiger partial charge in [-0.25, -0.2) is 0 Å². The van der Waals surface area contributed by atoms with Crippen LogP contribution < -0.4 is 5.73 Å². The maximum Gasteiger partial charge on any atom is 0.0608 e. The summed E-state index contributed by atoms with van der Waals surface area (Å²) in [6.07, 6.45) is 1.92. The van der Waals surface area contributed by atoms with Gasteiger partial charge in [-0.2, -0.15) is 0 Å². The van der Waals surface area contributed by atoms with Crippen LogP contribution in [0.1, 0.15) is 33.6 Å². The van der Waals surface area contributed by atoms with Crippen LogP contribution in [-0.4, -0.2) is 67.3 Å². The van der Waals surface area contributed by atoms with Crippen LogP contribution in [0.4, 0.5) is 0 Å². The summed E-state index contributed by atoms with van der Waals surface area (Å²) in [5.41, 5.74) is 5.52. The minimum atomic E-state index is -0.426. The zero-order chi connectivity index (χ0) is 14.2. The van der Waals surface area contributed by atoms with Gasteiger partial charge in [0, 0.05) is 25.2 Å². The molecule has 0 aliphatic rings. The van der Waals surface area contributed by atoms with Crippen LogP contribution in [0.3, 0.4) is 0 Å². The molecule has 1 atom stereocenters. The summed E-state index contributed by atoms with van der Waals surface area (Å²) in [5, 5.41) is 9.14. The van der Waals surface area contributed by atoms with Crippen LogP contribution in [0.15, 0.2) is 0 Å². The average molecular weight is 259 g/mol. The molecule has 0 spiro atoms. The maximum atomic E-state index is 9.14. The molecule has 0 aromatic rings. The Morgan fingerprint density at radius 3 is 2.22 bits per heavy atom. The molecule has 0 fully saturated rings. The number of rotatable bonds is 10. The number of likely N-dealkylation sites (N-methyl/N-ethyl adjacent to an activating group) is 1. The van der Waals surface area contributed by atoms with E-state index in [-0.39, 0.29) is 6.61 Å². The first-order chi connectivity index (χ1) is 8.26. The molecule has 0 bridgehead atoms. The van der Waals surface area contributed by atoms with Crippen molar-refractivity contribution >= 4 is 0 Å². The van der Waals surface area contributed by atoms with Crippen molar-refractivity contribution in [1.29, 1.82) is 0 Å². The zero-order valence-electron chi connectivity index (χ0n) is 12.9. The summed E-state index contributed by atoms with van der Waals surface area (Å²) in [7, 11) is 4.21. The van der Waals surface area contributed by atoms with E-state index in [1.165, 1.54) is 0 Å². The van der Waals surface area contributed by atoms with Crippen molar-refractivity contribution in [2.24, 2.45) is 11.7 Å². The van der Waals surface area contributed by atoms with Gasteiger partial charge in [-0.05, 0) is 46.3 Å². The van der Waals surface area contributed by atoms with Gasteiger partial charge in [-0.3, -0.25) is 0 Å². The lowest BCUT2D eigenvalue weighted by molar-refractivity contribution is 0.178. The standard InChI is InChI=1S/C14H33N3O/c1-13(2)11-17(10-9-16(4)5)8-6-7-14(3,15)12-18/h13,18H,6-12,15H2,1-5H3. The second-order valence-electron chi connectivity index (χ2n) is 6.41. The lowest BCUT2D eigenvalue weighted by Crippen LogP contribution is -2.41. The number of hydrogen-bond acceptors (Lipinski definition) is 4. The Balaban J connectivity index is 4.00. The normalized spacial score (nSPS) is 15.7. The fourth-order valence-corrected chi connectivity index (χ4v) is 1.94. The highest BCUT2D eigenvalue weighted by atomic mass is 16.3. The number of nitrogens with two attached hydrogens (primary N) is 1. The predicted octanol–water partition coefficient (Wildman–Crippen LogP) is 0.996. The summed E-state index contributed by atoms with van der Waals surface area (Å²) in [6, 6.07) is 0. The van der Waals surface area contributed by atoms with Gasteiger partial charge in [-0.15, -0.1) is 0 Å². The third kappa shape index (κ3) is 9.83. The molecule has 0 rings (SSSR count). The largest absolute Gasteiger partial charge is 0.394 e. The first kappa shape index (κ1) is 17.8. The lowest BCUT2D eigenvalue weighted by atomic mass is 9.98. The molecule has 0 saturated heterocycles. The van der Waals surface area contributed by atoms with Gasteiger partial charge < -0.3 is 20.6 Å². The second-order valence-corrected chi connectivity index (χ2v) is 6.41. The molecule has 1 unspecified atom stereocenters. The molecule has 110 valence electrons. The average Bonchev–Trinajstić information content (AvgIpc) is 2.24. The summed E-state index contributed by atoms with van der Waals surface area (Å²) in [4.78, 5) is 4.71. The quantitative estimate of drug-likeness (QED) is 0.614. The molecule has 0 amide bonds. The van der Waals surface area contributed by atoms with E-state index >= 15 is 0 Å². The molecular weight excluding hydrogens is 226 g/mol. The number of hydrogen-bond donors (Lipinski definition) is 2. The van der Waals surface area contributed by atoms with Gasteiger partial charge in [0.1, 0.15) is 0 Å². The van der Waals surface area contributed by atoms with Crippen LogP contribution in [0, 0.1) is 5.92 Å². The van der Waals surface area contributed by atoms with Gasteiger partial charge in [0.2, 0.25) is 0 Å². The van der Waals surface area contributed by atoms with Crippen LogP contribution in [0.2, 0.25) is 0 Å². The lowest BCUT2D eigenvalue weighted by Gasteiger charge is -2.28. The monoisotopic (exact) mass is 259 g/mol. The van der Waals surface area contributed by atoms with Crippen molar-refractivity contribution < 1.29 is 5.11 Å². The highest BCUT2D eigenvalue weighted by molar-refractivity contribution is 4.77. The molecular formula is C14H33N3O. The van der Waals surface area contributed by atoms with Crippen molar-refractivity contribution in [1.82, 2.24) is 9.80 Å². The molecule has 0 heterocycles. The molecule has 0 aliphatic carbocycles.